The van der Waals surface area contributed by atoms with Crippen LogP contribution in [0.4, 0.5) is 0 Å². The van der Waals surface area contributed by atoms with E-state index in [1.165, 1.54) is 7.11 Å². The van der Waals surface area contributed by atoms with Gasteiger partial charge in [0.05, 0.1) is 0 Å². The Bertz CT molecular complexity index is 942. The Balaban J connectivity index is 0.00000300. The number of amidine groups is 1. The third kappa shape index (κ3) is 5.67. The number of benzene rings is 3. The van der Waals surface area contributed by atoms with Crippen molar-refractivity contribution in [2.75, 3.05) is 7.11 Å². The molecule has 3 aromatic carbocycles. The predicted molar refractivity (Wildman–Crippen MR) is 118 cm³/mol. The Morgan fingerprint density at radius 1 is 0.966 bits per heavy atom. The van der Waals surface area contributed by atoms with E-state index in [0.717, 1.165) is 22.3 Å². The number of rotatable bonds is 7. The molecule has 0 aliphatic carbocycles. The molecule has 150 valence electrons. The minimum atomic E-state index is -0.679. The number of halogens is 1. The van der Waals surface area contributed by atoms with Crippen LogP contribution in [0.15, 0.2) is 78.9 Å². The number of methoxy groups -OCH3 is 1. The molecule has 29 heavy (non-hydrogen) atoms. The highest BCUT2D eigenvalue weighted by atomic mass is 35.5. The molecule has 6 heteroatoms. The lowest BCUT2D eigenvalue weighted by atomic mass is 10.0. The van der Waals surface area contributed by atoms with Crippen molar-refractivity contribution in [2.24, 2.45) is 5.73 Å². The van der Waals surface area contributed by atoms with Crippen LogP contribution in [0.1, 0.15) is 22.8 Å². The summed E-state index contributed by atoms with van der Waals surface area (Å²) in [6.07, 6.45) is -0.679. The maximum atomic E-state index is 12.6. The smallest absolute Gasteiger partial charge is 0.254 e. The lowest BCUT2D eigenvalue weighted by Gasteiger charge is -2.16. The first-order chi connectivity index (χ1) is 13.6. The first-order valence-corrected chi connectivity index (χ1v) is 8.97. The number of ether oxygens (including phenoxy) is 1. The van der Waals surface area contributed by atoms with Crippen LogP contribution in [-0.2, 0) is 16.1 Å². The third-order valence-corrected chi connectivity index (χ3v) is 4.53. The van der Waals surface area contributed by atoms with Gasteiger partial charge in [-0.3, -0.25) is 10.2 Å². The van der Waals surface area contributed by atoms with Crippen LogP contribution in [-0.4, -0.2) is 18.9 Å². The Labute approximate surface area is 176 Å². The molecule has 0 fully saturated rings. The minimum absolute atomic E-state index is 0. The summed E-state index contributed by atoms with van der Waals surface area (Å²) in [7, 11) is 1.52. The van der Waals surface area contributed by atoms with E-state index >= 15 is 0 Å². The summed E-state index contributed by atoms with van der Waals surface area (Å²) in [6, 6.07) is 25.1. The second-order valence-corrected chi connectivity index (χ2v) is 6.43. The van der Waals surface area contributed by atoms with Gasteiger partial charge in [0.2, 0.25) is 0 Å². The molecule has 0 aliphatic rings. The molecule has 0 aromatic heterocycles. The second kappa shape index (κ2) is 10.4. The number of amides is 1. The molecular weight excluding hydrogens is 386 g/mol. The van der Waals surface area contributed by atoms with Crippen molar-refractivity contribution in [3.05, 3.63) is 95.6 Å². The molecule has 0 aliphatic heterocycles. The number of hydrogen-bond donors (Lipinski definition) is 3. The van der Waals surface area contributed by atoms with E-state index < -0.39 is 6.10 Å². The van der Waals surface area contributed by atoms with Gasteiger partial charge in [0, 0.05) is 19.2 Å². The van der Waals surface area contributed by atoms with Crippen molar-refractivity contribution in [1.82, 2.24) is 5.32 Å². The topological polar surface area (TPSA) is 88.2 Å². The van der Waals surface area contributed by atoms with E-state index in [2.05, 4.69) is 5.32 Å². The molecule has 0 unspecified atom stereocenters. The van der Waals surface area contributed by atoms with Crippen LogP contribution in [0, 0.1) is 5.41 Å². The molecule has 4 N–H and O–H groups in total. The minimum Gasteiger partial charge on any atom is -0.384 e. The van der Waals surface area contributed by atoms with E-state index in [4.69, 9.17) is 15.9 Å². The summed E-state index contributed by atoms with van der Waals surface area (Å²) in [4.78, 5) is 12.6. The normalized spacial score (nSPS) is 11.2. The maximum absolute atomic E-state index is 12.6. The number of nitrogens with one attached hydrogen (secondary N) is 2. The summed E-state index contributed by atoms with van der Waals surface area (Å²) < 4.78 is 5.43. The number of carbonyl (C=O) groups excluding carboxylic acids is 1. The van der Waals surface area contributed by atoms with Gasteiger partial charge in [-0.25, -0.2) is 0 Å². The van der Waals surface area contributed by atoms with Gasteiger partial charge in [0.15, 0.2) is 6.10 Å². The van der Waals surface area contributed by atoms with E-state index in [1.807, 2.05) is 66.7 Å². The van der Waals surface area contributed by atoms with Gasteiger partial charge in [0.1, 0.15) is 5.84 Å². The molecule has 0 radical (unpaired) electrons. The summed E-state index contributed by atoms with van der Waals surface area (Å²) in [5.41, 5.74) is 10.0. The number of carbonyl (C=O) groups is 1. The van der Waals surface area contributed by atoms with Crippen molar-refractivity contribution < 1.29 is 9.53 Å². The first kappa shape index (κ1) is 22.1. The van der Waals surface area contributed by atoms with Crippen LogP contribution in [0.5, 0.6) is 0 Å². The van der Waals surface area contributed by atoms with Crippen LogP contribution >= 0.6 is 12.4 Å². The summed E-state index contributed by atoms with van der Waals surface area (Å²) in [6.45, 7) is 0.374. The van der Waals surface area contributed by atoms with Gasteiger partial charge in [-0.05, 0) is 22.3 Å². The van der Waals surface area contributed by atoms with Gasteiger partial charge in [-0.1, -0.05) is 78.9 Å². The molecule has 5 nitrogen and oxygen atoms in total. The highest BCUT2D eigenvalue weighted by molar-refractivity contribution is 5.94. The molecule has 0 saturated heterocycles. The van der Waals surface area contributed by atoms with Crippen LogP contribution in [0.3, 0.4) is 0 Å². The fraction of sp³-hybridized carbons (Fsp3) is 0.130. The Kier molecular flexibility index (Phi) is 7.95. The summed E-state index contributed by atoms with van der Waals surface area (Å²) in [5.74, 6) is -0.181. The maximum Gasteiger partial charge on any atom is 0.254 e. The molecule has 3 rings (SSSR count). The first-order valence-electron chi connectivity index (χ1n) is 8.97. The molecule has 0 heterocycles. The van der Waals surface area contributed by atoms with Crippen molar-refractivity contribution in [2.45, 2.75) is 12.6 Å². The van der Waals surface area contributed by atoms with Crippen molar-refractivity contribution >= 4 is 24.1 Å². The molecule has 1 atom stereocenters. The zero-order valence-corrected chi connectivity index (χ0v) is 16.9. The Morgan fingerprint density at radius 3 is 2.10 bits per heavy atom. The average Bonchev–Trinajstić information content (AvgIpc) is 2.74. The fourth-order valence-electron chi connectivity index (χ4n) is 2.96. The van der Waals surface area contributed by atoms with E-state index in [0.29, 0.717) is 12.1 Å². The van der Waals surface area contributed by atoms with Crippen LogP contribution < -0.4 is 11.1 Å². The highest BCUT2D eigenvalue weighted by Gasteiger charge is 2.19. The van der Waals surface area contributed by atoms with Gasteiger partial charge in [0.25, 0.3) is 5.91 Å². The van der Waals surface area contributed by atoms with Gasteiger partial charge in [-0.15, -0.1) is 12.4 Å². The lowest BCUT2D eigenvalue weighted by molar-refractivity contribution is -0.131. The highest BCUT2D eigenvalue weighted by Crippen LogP contribution is 2.23. The van der Waals surface area contributed by atoms with E-state index in [1.54, 1.807) is 12.1 Å². The summed E-state index contributed by atoms with van der Waals surface area (Å²) in [5, 5.41) is 10.3. The zero-order chi connectivity index (χ0) is 19.9. The van der Waals surface area contributed by atoms with E-state index in [-0.39, 0.29) is 24.1 Å². The largest absolute Gasteiger partial charge is 0.384 e. The van der Waals surface area contributed by atoms with Crippen molar-refractivity contribution in [3.8, 4) is 11.1 Å². The zero-order valence-electron chi connectivity index (χ0n) is 16.1. The SMILES string of the molecule is CO[C@H](C(=O)NCc1ccc(C(=N)N)cc1)c1ccc(-c2ccccc2)cc1.Cl. The number of hydrogen-bond acceptors (Lipinski definition) is 3. The lowest BCUT2D eigenvalue weighted by Crippen LogP contribution is -2.30. The molecule has 3 aromatic rings. The third-order valence-electron chi connectivity index (χ3n) is 4.53. The number of nitrogens with two attached hydrogens (primary N) is 1. The second-order valence-electron chi connectivity index (χ2n) is 6.43. The predicted octanol–water partition coefficient (Wildman–Crippen LogP) is 4.06. The fourth-order valence-corrected chi connectivity index (χ4v) is 2.96. The van der Waals surface area contributed by atoms with Crippen LogP contribution in [0.2, 0.25) is 0 Å². The summed E-state index contributed by atoms with van der Waals surface area (Å²) >= 11 is 0. The van der Waals surface area contributed by atoms with Crippen LogP contribution in [0.25, 0.3) is 11.1 Å². The van der Waals surface area contributed by atoms with Crippen molar-refractivity contribution in [1.29, 1.82) is 5.41 Å². The molecule has 1 amide bonds. The molecular formula is C23H24ClN3O2. The van der Waals surface area contributed by atoms with Gasteiger partial charge in [-0.2, -0.15) is 0 Å². The molecule has 0 saturated carbocycles. The van der Waals surface area contributed by atoms with E-state index in [9.17, 15) is 4.79 Å². The molecule has 0 bridgehead atoms. The average molecular weight is 410 g/mol. The van der Waals surface area contributed by atoms with Crippen molar-refractivity contribution in [3.63, 3.8) is 0 Å². The standard InChI is InChI=1S/C23H23N3O2.ClH/c1-28-21(19-13-11-18(12-14-19)17-5-3-2-4-6-17)23(27)26-15-16-7-9-20(10-8-16)22(24)25;/h2-14,21H,15H2,1H3,(H3,24,25)(H,26,27);1H/t21-;/m0./s1. The Hall–Kier alpha value is -3.15. The number of nitrogen functional groups attached to an aromatic ring is 1. The molecule has 0 spiro atoms. The Morgan fingerprint density at radius 2 is 1.55 bits per heavy atom. The monoisotopic (exact) mass is 409 g/mol. The van der Waals surface area contributed by atoms with Gasteiger partial charge >= 0.3 is 0 Å². The quantitative estimate of drug-likeness (QED) is 0.406. The van der Waals surface area contributed by atoms with Gasteiger partial charge < -0.3 is 15.8 Å².